The lowest BCUT2D eigenvalue weighted by atomic mass is 10.2. The quantitative estimate of drug-likeness (QED) is 0.463. The predicted molar refractivity (Wildman–Crippen MR) is 73.8 cm³/mol. The molecule has 0 spiro atoms. The Kier molecular flexibility index (Phi) is 7.00. The highest BCUT2D eigenvalue weighted by Gasteiger charge is 2.02. The number of rotatable bonds is 7. The molecule has 0 aliphatic rings. The normalized spacial score (nSPS) is 10.2. The average Bonchev–Trinajstić information content (AvgIpc) is 2.70. The maximum atomic E-state index is 11.4. The van der Waals surface area contributed by atoms with E-state index in [2.05, 4.69) is 27.9 Å². The Morgan fingerprint density at radius 3 is 2.93 bits per heavy atom. The first-order chi connectivity index (χ1) is 7.33. The van der Waals surface area contributed by atoms with Crippen molar-refractivity contribution in [3.8, 4) is 0 Å². The van der Waals surface area contributed by atoms with Gasteiger partial charge >= 0.3 is 0 Å². The van der Waals surface area contributed by atoms with Gasteiger partial charge in [-0.05, 0) is 39.7 Å². The highest BCUT2D eigenvalue weighted by atomic mass is 127. The highest BCUT2D eigenvalue weighted by Crippen LogP contribution is 2.06. The van der Waals surface area contributed by atoms with Gasteiger partial charge in [0, 0.05) is 6.54 Å². The molecular weight excluding hydrogens is 321 g/mol. The second-order valence-electron chi connectivity index (χ2n) is 3.41. The van der Waals surface area contributed by atoms with E-state index in [0.717, 1.165) is 18.5 Å². The van der Waals surface area contributed by atoms with Crippen molar-refractivity contribution in [2.24, 2.45) is 0 Å². The summed E-state index contributed by atoms with van der Waals surface area (Å²) in [6.45, 7) is 0.819. The first kappa shape index (κ1) is 13.0. The highest BCUT2D eigenvalue weighted by molar-refractivity contribution is 14.1. The van der Waals surface area contributed by atoms with E-state index < -0.39 is 0 Å². The molecule has 15 heavy (non-hydrogen) atoms. The van der Waals surface area contributed by atoms with Crippen LogP contribution in [0.1, 0.15) is 24.8 Å². The van der Waals surface area contributed by atoms with Crippen LogP contribution in [0.5, 0.6) is 0 Å². The molecule has 2 nitrogen and oxygen atoms in total. The molecule has 0 unspecified atom stereocenters. The van der Waals surface area contributed by atoms with Crippen LogP contribution in [-0.2, 0) is 11.2 Å². The lowest BCUT2D eigenvalue weighted by Crippen LogP contribution is -2.25. The fourth-order valence-corrected chi connectivity index (χ4v) is 2.47. The molecule has 0 bridgehead atoms. The number of hydrogen-bond donors (Lipinski definition) is 1. The van der Waals surface area contributed by atoms with Crippen molar-refractivity contribution >= 4 is 39.8 Å². The first-order valence-electron chi connectivity index (χ1n) is 5.16. The molecule has 1 aromatic rings. The molecule has 4 heteroatoms. The third kappa shape index (κ3) is 6.14. The maximum Gasteiger partial charge on any atom is 0.224 e. The summed E-state index contributed by atoms with van der Waals surface area (Å²) in [6, 6.07) is 2.00. The Morgan fingerprint density at radius 1 is 1.40 bits per heavy atom. The molecule has 1 amide bonds. The first-order valence-corrected chi connectivity index (χ1v) is 7.63. The number of thiophene rings is 1. The number of halogens is 1. The number of carbonyl (C=O) groups is 1. The standard InChI is InChI=1S/C11H16INOS/c12-5-2-1-3-6-13-11(14)8-10-4-7-15-9-10/h4,7,9H,1-3,5-6,8H2,(H,13,14). The lowest BCUT2D eigenvalue weighted by Gasteiger charge is -2.03. The van der Waals surface area contributed by atoms with E-state index in [1.807, 2.05) is 16.8 Å². The van der Waals surface area contributed by atoms with Gasteiger partial charge in [-0.1, -0.05) is 29.0 Å². The summed E-state index contributed by atoms with van der Waals surface area (Å²) in [4.78, 5) is 11.4. The van der Waals surface area contributed by atoms with E-state index in [1.165, 1.54) is 17.3 Å². The number of alkyl halides is 1. The number of amides is 1. The Morgan fingerprint density at radius 2 is 2.27 bits per heavy atom. The monoisotopic (exact) mass is 337 g/mol. The van der Waals surface area contributed by atoms with Gasteiger partial charge in [-0.2, -0.15) is 11.3 Å². The summed E-state index contributed by atoms with van der Waals surface area (Å²) in [5.41, 5.74) is 1.12. The minimum absolute atomic E-state index is 0.142. The second-order valence-corrected chi connectivity index (χ2v) is 5.27. The Labute approximate surface area is 109 Å². The summed E-state index contributed by atoms with van der Waals surface area (Å²) >= 11 is 4.02. The third-order valence-corrected chi connectivity index (χ3v) is 3.57. The molecule has 1 rings (SSSR count). The lowest BCUT2D eigenvalue weighted by molar-refractivity contribution is -0.120. The van der Waals surface area contributed by atoms with Crippen molar-refractivity contribution in [2.75, 3.05) is 11.0 Å². The van der Waals surface area contributed by atoms with Gasteiger partial charge in [0.1, 0.15) is 0 Å². The summed E-state index contributed by atoms with van der Waals surface area (Å²) in [7, 11) is 0. The number of unbranched alkanes of at least 4 members (excludes halogenated alkanes) is 2. The predicted octanol–water partition coefficient (Wildman–Crippen LogP) is 3.01. The Balaban J connectivity index is 2.04. The fourth-order valence-electron chi connectivity index (χ4n) is 1.27. The number of hydrogen-bond acceptors (Lipinski definition) is 2. The zero-order chi connectivity index (χ0) is 10.9. The van der Waals surface area contributed by atoms with Crippen molar-refractivity contribution < 1.29 is 4.79 Å². The van der Waals surface area contributed by atoms with Crippen LogP contribution in [0.25, 0.3) is 0 Å². The van der Waals surface area contributed by atoms with Gasteiger partial charge in [-0.3, -0.25) is 4.79 Å². The summed E-state index contributed by atoms with van der Waals surface area (Å²) in [6.07, 6.45) is 4.08. The van der Waals surface area contributed by atoms with Gasteiger partial charge in [0.25, 0.3) is 0 Å². The van der Waals surface area contributed by atoms with Gasteiger partial charge in [-0.25, -0.2) is 0 Å². The molecule has 0 aliphatic carbocycles. The van der Waals surface area contributed by atoms with E-state index in [4.69, 9.17) is 0 Å². The zero-order valence-corrected chi connectivity index (χ0v) is 11.6. The minimum Gasteiger partial charge on any atom is -0.356 e. The molecule has 0 radical (unpaired) electrons. The summed E-state index contributed by atoms with van der Waals surface area (Å²) < 4.78 is 1.21. The Hall–Kier alpha value is -0.100. The van der Waals surface area contributed by atoms with Crippen LogP contribution < -0.4 is 5.32 Å². The van der Waals surface area contributed by atoms with Crippen LogP contribution in [-0.4, -0.2) is 16.9 Å². The molecular formula is C11H16INOS. The zero-order valence-electron chi connectivity index (χ0n) is 8.67. The fraction of sp³-hybridized carbons (Fsp3) is 0.545. The number of carbonyl (C=O) groups excluding carboxylic acids is 1. The third-order valence-electron chi connectivity index (χ3n) is 2.08. The molecule has 0 saturated carbocycles. The molecule has 0 saturated heterocycles. The van der Waals surface area contributed by atoms with Crippen molar-refractivity contribution in [2.45, 2.75) is 25.7 Å². The van der Waals surface area contributed by atoms with E-state index in [9.17, 15) is 4.79 Å². The largest absolute Gasteiger partial charge is 0.356 e. The van der Waals surface area contributed by atoms with Crippen molar-refractivity contribution in [3.63, 3.8) is 0 Å². The number of nitrogens with one attached hydrogen (secondary N) is 1. The molecule has 0 aromatic carbocycles. The van der Waals surface area contributed by atoms with E-state index >= 15 is 0 Å². The smallest absolute Gasteiger partial charge is 0.224 e. The van der Waals surface area contributed by atoms with E-state index in [1.54, 1.807) is 11.3 Å². The SMILES string of the molecule is O=C(Cc1ccsc1)NCCCCCI. The average molecular weight is 337 g/mol. The van der Waals surface area contributed by atoms with Crippen LogP contribution in [0.2, 0.25) is 0 Å². The Bertz CT molecular complexity index is 274. The van der Waals surface area contributed by atoms with Gasteiger partial charge in [0.15, 0.2) is 0 Å². The van der Waals surface area contributed by atoms with Gasteiger partial charge in [-0.15, -0.1) is 0 Å². The summed E-state index contributed by atoms with van der Waals surface area (Å²) in [5, 5.41) is 6.97. The second kappa shape index (κ2) is 8.10. The van der Waals surface area contributed by atoms with Crippen LogP contribution >= 0.6 is 33.9 Å². The molecule has 1 heterocycles. The molecule has 84 valence electrons. The van der Waals surface area contributed by atoms with Crippen molar-refractivity contribution in [1.29, 1.82) is 0 Å². The molecule has 0 fully saturated rings. The van der Waals surface area contributed by atoms with Crippen LogP contribution in [0, 0.1) is 0 Å². The molecule has 1 aromatic heterocycles. The van der Waals surface area contributed by atoms with Crippen LogP contribution in [0.3, 0.4) is 0 Å². The van der Waals surface area contributed by atoms with Crippen LogP contribution in [0.4, 0.5) is 0 Å². The van der Waals surface area contributed by atoms with Crippen molar-refractivity contribution in [1.82, 2.24) is 5.32 Å². The van der Waals surface area contributed by atoms with E-state index in [-0.39, 0.29) is 5.91 Å². The maximum absolute atomic E-state index is 11.4. The van der Waals surface area contributed by atoms with Crippen LogP contribution in [0.15, 0.2) is 16.8 Å². The minimum atomic E-state index is 0.142. The van der Waals surface area contributed by atoms with Gasteiger partial charge < -0.3 is 5.32 Å². The van der Waals surface area contributed by atoms with Crippen molar-refractivity contribution in [3.05, 3.63) is 22.4 Å². The topological polar surface area (TPSA) is 29.1 Å². The van der Waals surface area contributed by atoms with Gasteiger partial charge in [0.2, 0.25) is 5.91 Å². The van der Waals surface area contributed by atoms with Gasteiger partial charge in [0.05, 0.1) is 6.42 Å². The molecule has 0 atom stereocenters. The molecule has 1 N–H and O–H groups in total. The molecule has 0 aliphatic heterocycles. The summed E-state index contributed by atoms with van der Waals surface area (Å²) in [5.74, 6) is 0.142. The van der Waals surface area contributed by atoms with E-state index in [0.29, 0.717) is 6.42 Å².